The summed E-state index contributed by atoms with van der Waals surface area (Å²) in [6.07, 6.45) is -4.69. The molecule has 118 valence electrons. The van der Waals surface area contributed by atoms with Gasteiger partial charge in [-0.25, -0.2) is 4.79 Å². The van der Waals surface area contributed by atoms with Gasteiger partial charge in [0.1, 0.15) is 6.54 Å². The summed E-state index contributed by atoms with van der Waals surface area (Å²) in [4.78, 5) is 11.0. The maximum atomic E-state index is 12.0. The van der Waals surface area contributed by atoms with Gasteiger partial charge in [0.2, 0.25) is 0 Å². The van der Waals surface area contributed by atoms with E-state index in [1.54, 1.807) is 13.8 Å². The highest BCUT2D eigenvalue weighted by atomic mass is 32.2. The average Bonchev–Trinajstić information content (AvgIpc) is 2.29. The molecule has 0 spiro atoms. The summed E-state index contributed by atoms with van der Waals surface area (Å²) >= 11 is 0. The third-order valence-electron chi connectivity index (χ3n) is 2.61. The number of alkyl halides is 3. The zero-order valence-corrected chi connectivity index (χ0v) is 11.9. The molecule has 0 amide bonds. The number of carbonyl (C=O) groups is 1. The molecule has 0 radical (unpaired) electrons. The number of benzene rings is 1. The molecule has 0 fully saturated rings. The fourth-order valence-electron chi connectivity index (χ4n) is 1.51. The van der Waals surface area contributed by atoms with E-state index in [1.807, 2.05) is 4.72 Å². The van der Waals surface area contributed by atoms with Crippen molar-refractivity contribution in [2.45, 2.75) is 20.0 Å². The molecule has 0 heterocycles. The van der Waals surface area contributed by atoms with Gasteiger partial charge in [-0.3, -0.25) is 4.72 Å². The molecule has 1 rings (SSSR count). The van der Waals surface area contributed by atoms with Crippen LogP contribution in [0.2, 0.25) is 0 Å². The van der Waals surface area contributed by atoms with Crippen molar-refractivity contribution < 1.29 is 31.5 Å². The van der Waals surface area contributed by atoms with E-state index in [2.05, 4.69) is 0 Å². The summed E-state index contributed by atoms with van der Waals surface area (Å²) in [7, 11) is -4.45. The maximum absolute atomic E-state index is 12.0. The number of carboxylic acids is 1. The Kier molecular flexibility index (Phi) is 4.84. The number of hydrogen-bond acceptors (Lipinski definition) is 3. The van der Waals surface area contributed by atoms with E-state index in [9.17, 15) is 26.4 Å². The van der Waals surface area contributed by atoms with E-state index in [0.29, 0.717) is 11.1 Å². The molecule has 0 saturated carbocycles. The van der Waals surface area contributed by atoms with Crippen LogP contribution in [-0.4, -0.2) is 32.2 Å². The number of halogens is 3. The molecule has 0 unspecified atom stereocenters. The van der Waals surface area contributed by atoms with Gasteiger partial charge in [0.15, 0.2) is 0 Å². The van der Waals surface area contributed by atoms with Gasteiger partial charge in [-0.1, -0.05) is 0 Å². The Morgan fingerprint density at radius 2 is 1.86 bits per heavy atom. The lowest BCUT2D eigenvalue weighted by molar-refractivity contribution is -0.121. The van der Waals surface area contributed by atoms with Crippen LogP contribution in [0.15, 0.2) is 12.1 Å². The SMILES string of the molecule is Cc1cc(NS(=O)(=O)NCC(F)(F)F)cc(C(=O)O)c1C. The molecule has 0 aromatic heterocycles. The predicted octanol–water partition coefficient (Wildman–Crippen LogP) is 1.81. The van der Waals surface area contributed by atoms with Gasteiger partial charge in [0.25, 0.3) is 10.2 Å². The van der Waals surface area contributed by atoms with Crippen LogP contribution in [0, 0.1) is 13.8 Å². The van der Waals surface area contributed by atoms with Crippen molar-refractivity contribution in [2.75, 3.05) is 11.3 Å². The highest BCUT2D eigenvalue weighted by molar-refractivity contribution is 7.90. The Hall–Kier alpha value is -1.81. The first-order chi connectivity index (χ1) is 9.41. The normalized spacial score (nSPS) is 12.2. The van der Waals surface area contributed by atoms with Gasteiger partial charge in [-0.05, 0) is 37.1 Å². The first-order valence-electron chi connectivity index (χ1n) is 5.60. The standard InChI is InChI=1S/C11H13F3N2O4S/c1-6-3-8(4-9(7(6)2)10(17)18)16-21(19,20)15-5-11(12,13)14/h3-4,15-16H,5H2,1-2H3,(H,17,18). The molecule has 0 aliphatic heterocycles. The smallest absolute Gasteiger partial charge is 0.402 e. The molecular formula is C11H13F3N2O4S. The van der Waals surface area contributed by atoms with Crippen molar-refractivity contribution in [3.63, 3.8) is 0 Å². The van der Waals surface area contributed by atoms with Crippen LogP contribution in [0.5, 0.6) is 0 Å². The van der Waals surface area contributed by atoms with Crippen LogP contribution >= 0.6 is 0 Å². The van der Waals surface area contributed by atoms with E-state index in [4.69, 9.17) is 5.11 Å². The molecule has 1 aromatic carbocycles. The monoisotopic (exact) mass is 326 g/mol. The van der Waals surface area contributed by atoms with Crippen LogP contribution in [0.25, 0.3) is 0 Å². The molecule has 0 aliphatic carbocycles. The largest absolute Gasteiger partial charge is 0.478 e. The molecule has 6 nitrogen and oxygen atoms in total. The molecule has 0 bridgehead atoms. The molecule has 0 saturated heterocycles. The number of aryl methyl sites for hydroxylation is 1. The van der Waals surface area contributed by atoms with Gasteiger partial charge in [0, 0.05) is 0 Å². The van der Waals surface area contributed by atoms with Crippen molar-refractivity contribution in [1.82, 2.24) is 4.72 Å². The molecule has 0 atom stereocenters. The van der Waals surface area contributed by atoms with Crippen LogP contribution < -0.4 is 9.44 Å². The fraction of sp³-hybridized carbons (Fsp3) is 0.364. The minimum atomic E-state index is -4.69. The van der Waals surface area contributed by atoms with E-state index >= 15 is 0 Å². The van der Waals surface area contributed by atoms with E-state index in [0.717, 1.165) is 6.07 Å². The molecular weight excluding hydrogens is 313 g/mol. The van der Waals surface area contributed by atoms with Crippen molar-refractivity contribution >= 4 is 21.9 Å². The number of anilines is 1. The topological polar surface area (TPSA) is 95.5 Å². The minimum Gasteiger partial charge on any atom is -0.478 e. The Morgan fingerprint density at radius 3 is 2.33 bits per heavy atom. The Morgan fingerprint density at radius 1 is 1.29 bits per heavy atom. The quantitative estimate of drug-likeness (QED) is 0.769. The van der Waals surface area contributed by atoms with Crippen LogP contribution in [0.3, 0.4) is 0 Å². The molecule has 21 heavy (non-hydrogen) atoms. The van der Waals surface area contributed by atoms with Gasteiger partial charge in [0.05, 0.1) is 11.3 Å². The fourth-order valence-corrected chi connectivity index (χ4v) is 2.36. The highest BCUT2D eigenvalue weighted by Crippen LogP contribution is 2.21. The number of aromatic carboxylic acids is 1. The number of carboxylic acid groups (broad SMARTS) is 1. The van der Waals surface area contributed by atoms with Gasteiger partial charge >= 0.3 is 12.1 Å². The van der Waals surface area contributed by atoms with Crippen molar-refractivity contribution in [2.24, 2.45) is 0 Å². The highest BCUT2D eigenvalue weighted by Gasteiger charge is 2.29. The van der Waals surface area contributed by atoms with Gasteiger partial charge in [-0.15, -0.1) is 0 Å². The molecule has 0 aliphatic rings. The van der Waals surface area contributed by atoms with E-state index < -0.39 is 28.9 Å². The summed E-state index contributed by atoms with van der Waals surface area (Å²) in [5.74, 6) is -1.26. The predicted molar refractivity (Wildman–Crippen MR) is 69.5 cm³/mol. The summed E-state index contributed by atoms with van der Waals surface area (Å²) < 4.78 is 62.0. The van der Waals surface area contributed by atoms with Crippen LogP contribution in [0.4, 0.5) is 18.9 Å². The second-order valence-corrected chi connectivity index (χ2v) is 5.81. The molecule has 1 aromatic rings. The van der Waals surface area contributed by atoms with Crippen molar-refractivity contribution in [1.29, 1.82) is 0 Å². The minimum absolute atomic E-state index is 0.134. The summed E-state index contributed by atoms with van der Waals surface area (Å²) in [6.45, 7) is 1.38. The zero-order chi connectivity index (χ0) is 16.4. The van der Waals surface area contributed by atoms with Crippen LogP contribution in [0.1, 0.15) is 21.5 Å². The van der Waals surface area contributed by atoms with Gasteiger partial charge in [-0.2, -0.15) is 26.3 Å². The lowest BCUT2D eigenvalue weighted by atomic mass is 10.0. The van der Waals surface area contributed by atoms with Crippen LogP contribution in [-0.2, 0) is 10.2 Å². The first kappa shape index (κ1) is 17.2. The Balaban J connectivity index is 3.00. The molecule has 3 N–H and O–H groups in total. The Bertz CT molecular complexity index is 656. The Labute approximate surface area is 119 Å². The molecule has 10 heteroatoms. The number of hydrogen-bond donors (Lipinski definition) is 3. The maximum Gasteiger partial charge on any atom is 0.402 e. The van der Waals surface area contributed by atoms with E-state index in [-0.39, 0.29) is 11.3 Å². The zero-order valence-electron chi connectivity index (χ0n) is 11.1. The second kappa shape index (κ2) is 5.90. The third-order valence-corrected chi connectivity index (χ3v) is 3.64. The van der Waals surface area contributed by atoms with Gasteiger partial charge < -0.3 is 5.11 Å². The summed E-state index contributed by atoms with van der Waals surface area (Å²) in [5, 5.41) is 8.98. The summed E-state index contributed by atoms with van der Waals surface area (Å²) in [5.41, 5.74) is 0.658. The average molecular weight is 326 g/mol. The lowest BCUT2D eigenvalue weighted by Gasteiger charge is -2.13. The van der Waals surface area contributed by atoms with E-state index in [1.165, 1.54) is 10.8 Å². The van der Waals surface area contributed by atoms with Crippen molar-refractivity contribution in [3.05, 3.63) is 28.8 Å². The first-order valence-corrected chi connectivity index (χ1v) is 7.08. The summed E-state index contributed by atoms with van der Waals surface area (Å²) in [6, 6.07) is 2.37. The van der Waals surface area contributed by atoms with Crippen molar-refractivity contribution in [3.8, 4) is 0 Å². The third kappa shape index (κ3) is 5.23. The second-order valence-electron chi connectivity index (χ2n) is 4.31. The lowest BCUT2D eigenvalue weighted by Crippen LogP contribution is -2.37. The number of rotatable bonds is 5. The number of nitrogens with one attached hydrogen (secondary N) is 2.